The second-order valence-corrected chi connectivity index (χ2v) is 7.93. The van der Waals surface area contributed by atoms with Gasteiger partial charge in [-0.25, -0.2) is 0 Å². The fourth-order valence-corrected chi connectivity index (χ4v) is 4.92. The number of aromatic nitrogens is 1. The van der Waals surface area contributed by atoms with Gasteiger partial charge in [0.25, 0.3) is 0 Å². The molecule has 0 spiro atoms. The molecule has 1 aromatic carbocycles. The van der Waals surface area contributed by atoms with Crippen LogP contribution in [0.5, 0.6) is 0 Å². The lowest BCUT2D eigenvalue weighted by Crippen LogP contribution is -2.47. The van der Waals surface area contributed by atoms with E-state index in [1.807, 2.05) is 0 Å². The Kier molecular flexibility index (Phi) is 4.81. The van der Waals surface area contributed by atoms with Gasteiger partial charge in [-0.05, 0) is 42.5 Å². The highest BCUT2D eigenvalue weighted by molar-refractivity contribution is 7.13. The normalized spacial score (nSPS) is 21.1. The van der Waals surface area contributed by atoms with Gasteiger partial charge in [0.15, 0.2) is 0 Å². The molecule has 0 radical (unpaired) electrons. The number of piperazine rings is 1. The van der Waals surface area contributed by atoms with Gasteiger partial charge in [-0.3, -0.25) is 4.90 Å². The maximum Gasteiger partial charge on any atom is 0.150 e. The van der Waals surface area contributed by atoms with Crippen molar-refractivity contribution in [3.63, 3.8) is 0 Å². The van der Waals surface area contributed by atoms with E-state index in [1.54, 1.807) is 11.5 Å². The van der Waals surface area contributed by atoms with Crippen molar-refractivity contribution in [3.05, 3.63) is 24.3 Å². The van der Waals surface area contributed by atoms with Gasteiger partial charge >= 0.3 is 0 Å². The molecule has 1 saturated heterocycles. The van der Waals surface area contributed by atoms with Crippen LogP contribution in [0.25, 0.3) is 10.1 Å². The van der Waals surface area contributed by atoms with Crippen molar-refractivity contribution in [1.82, 2.24) is 9.27 Å². The Labute approximate surface area is 143 Å². The Bertz CT molecular complexity index is 624. The molecule has 0 N–H and O–H groups in total. The SMILES string of the molecule is c1ccc2c(N3CCN(CCC4CCCCC4)CC3)nsc2c1. The summed E-state index contributed by atoms with van der Waals surface area (Å²) in [5.41, 5.74) is 0. The third-order valence-corrected chi connectivity index (χ3v) is 6.43. The van der Waals surface area contributed by atoms with Gasteiger partial charge in [0.1, 0.15) is 5.82 Å². The Hall–Kier alpha value is -1.13. The van der Waals surface area contributed by atoms with Crippen LogP contribution in [0, 0.1) is 5.92 Å². The minimum atomic E-state index is 1.00. The molecule has 2 aliphatic rings. The van der Waals surface area contributed by atoms with Gasteiger partial charge in [0.05, 0.1) is 4.70 Å². The van der Waals surface area contributed by atoms with E-state index in [4.69, 9.17) is 4.37 Å². The molecule has 2 fully saturated rings. The molecule has 1 aliphatic carbocycles. The molecular formula is C19H27N3S. The summed E-state index contributed by atoms with van der Waals surface area (Å²) in [7, 11) is 0. The van der Waals surface area contributed by atoms with Gasteiger partial charge < -0.3 is 4.90 Å². The van der Waals surface area contributed by atoms with Crippen molar-refractivity contribution < 1.29 is 0 Å². The van der Waals surface area contributed by atoms with E-state index in [0.29, 0.717) is 0 Å². The zero-order valence-corrected chi connectivity index (χ0v) is 14.7. The molecular weight excluding hydrogens is 302 g/mol. The first-order valence-corrected chi connectivity index (χ1v) is 9.99. The highest BCUT2D eigenvalue weighted by Crippen LogP contribution is 2.30. The maximum atomic E-state index is 4.71. The number of hydrogen-bond donors (Lipinski definition) is 0. The second-order valence-electron chi connectivity index (χ2n) is 7.12. The summed E-state index contributed by atoms with van der Waals surface area (Å²) >= 11 is 1.63. The fourth-order valence-electron chi connectivity index (χ4n) is 4.12. The molecule has 1 saturated carbocycles. The second kappa shape index (κ2) is 7.18. The number of nitrogens with zero attached hydrogens (tertiary/aromatic N) is 3. The van der Waals surface area contributed by atoms with Crippen molar-refractivity contribution in [2.75, 3.05) is 37.6 Å². The van der Waals surface area contributed by atoms with Gasteiger partial charge in [-0.15, -0.1) is 0 Å². The summed E-state index contributed by atoms with van der Waals surface area (Å²) < 4.78 is 6.02. The van der Waals surface area contributed by atoms with Crippen LogP contribution in [0.1, 0.15) is 38.5 Å². The Morgan fingerprint density at radius 2 is 1.78 bits per heavy atom. The van der Waals surface area contributed by atoms with Crippen molar-refractivity contribution in [1.29, 1.82) is 0 Å². The fraction of sp³-hybridized carbons (Fsp3) is 0.632. The van der Waals surface area contributed by atoms with Crippen LogP contribution in [0.4, 0.5) is 5.82 Å². The summed E-state index contributed by atoms with van der Waals surface area (Å²) in [6.45, 7) is 5.93. The van der Waals surface area contributed by atoms with E-state index >= 15 is 0 Å². The number of benzene rings is 1. The summed E-state index contributed by atoms with van der Waals surface area (Å²) in [5, 5.41) is 1.33. The molecule has 0 unspecified atom stereocenters. The molecule has 0 amide bonds. The van der Waals surface area contributed by atoms with E-state index in [1.165, 1.54) is 74.1 Å². The molecule has 0 atom stereocenters. The summed E-state index contributed by atoms with van der Waals surface area (Å²) in [4.78, 5) is 5.15. The lowest BCUT2D eigenvalue weighted by Gasteiger charge is -2.36. The molecule has 124 valence electrons. The van der Waals surface area contributed by atoms with Crippen molar-refractivity contribution >= 4 is 27.4 Å². The topological polar surface area (TPSA) is 19.4 Å². The average molecular weight is 330 g/mol. The maximum absolute atomic E-state index is 4.71. The molecule has 0 bridgehead atoms. The van der Waals surface area contributed by atoms with Crippen molar-refractivity contribution in [3.8, 4) is 0 Å². The average Bonchev–Trinajstić information content (AvgIpc) is 3.05. The summed E-state index contributed by atoms with van der Waals surface area (Å²) in [5.74, 6) is 2.21. The van der Waals surface area contributed by atoms with Crippen molar-refractivity contribution in [2.24, 2.45) is 5.92 Å². The largest absolute Gasteiger partial charge is 0.353 e. The van der Waals surface area contributed by atoms with Crippen molar-refractivity contribution in [2.45, 2.75) is 38.5 Å². The van der Waals surface area contributed by atoms with Crippen LogP contribution >= 0.6 is 11.5 Å². The van der Waals surface area contributed by atoms with Crippen LogP contribution in [0.2, 0.25) is 0 Å². The molecule has 4 heteroatoms. The third kappa shape index (κ3) is 3.53. The first-order valence-electron chi connectivity index (χ1n) is 9.22. The van der Waals surface area contributed by atoms with Crippen LogP contribution < -0.4 is 4.90 Å². The van der Waals surface area contributed by atoms with Gasteiger partial charge in [0, 0.05) is 31.6 Å². The highest BCUT2D eigenvalue weighted by Gasteiger charge is 2.21. The minimum absolute atomic E-state index is 1.00. The van der Waals surface area contributed by atoms with E-state index in [0.717, 1.165) is 19.0 Å². The lowest BCUT2D eigenvalue weighted by atomic mass is 9.87. The van der Waals surface area contributed by atoms with E-state index in [2.05, 4.69) is 34.1 Å². The minimum Gasteiger partial charge on any atom is -0.353 e. The number of fused-ring (bicyclic) bond motifs is 1. The van der Waals surface area contributed by atoms with Crippen LogP contribution in [-0.4, -0.2) is 42.0 Å². The van der Waals surface area contributed by atoms with Crippen LogP contribution in [0.3, 0.4) is 0 Å². The molecule has 1 aliphatic heterocycles. The van der Waals surface area contributed by atoms with E-state index in [9.17, 15) is 0 Å². The monoisotopic (exact) mass is 329 g/mol. The summed E-state index contributed by atoms with van der Waals surface area (Å²) in [6.07, 6.45) is 8.77. The molecule has 2 heterocycles. The zero-order chi connectivity index (χ0) is 15.5. The molecule has 23 heavy (non-hydrogen) atoms. The number of rotatable bonds is 4. The van der Waals surface area contributed by atoms with Gasteiger partial charge in [-0.2, -0.15) is 4.37 Å². The molecule has 1 aromatic heterocycles. The lowest BCUT2D eigenvalue weighted by molar-refractivity contribution is 0.221. The Balaban J connectivity index is 1.30. The predicted molar refractivity (Wildman–Crippen MR) is 99.5 cm³/mol. The van der Waals surface area contributed by atoms with E-state index < -0.39 is 0 Å². The van der Waals surface area contributed by atoms with Gasteiger partial charge in [0.2, 0.25) is 0 Å². The molecule has 2 aromatic rings. The predicted octanol–water partition coefficient (Wildman–Crippen LogP) is 4.39. The smallest absolute Gasteiger partial charge is 0.150 e. The summed E-state index contributed by atoms with van der Waals surface area (Å²) in [6, 6.07) is 8.62. The van der Waals surface area contributed by atoms with E-state index in [-0.39, 0.29) is 0 Å². The highest BCUT2D eigenvalue weighted by atomic mass is 32.1. The number of anilines is 1. The standard InChI is InChI=1S/C19H27N3S/c1-2-6-16(7-3-1)10-11-21-12-14-22(15-13-21)19-17-8-4-5-9-18(17)23-20-19/h4-5,8-9,16H,1-3,6-7,10-15H2. The quantitative estimate of drug-likeness (QED) is 0.829. The van der Waals surface area contributed by atoms with Gasteiger partial charge in [-0.1, -0.05) is 44.2 Å². The first-order chi connectivity index (χ1) is 11.4. The van der Waals surface area contributed by atoms with Crippen LogP contribution in [0.15, 0.2) is 24.3 Å². The molecule has 3 nitrogen and oxygen atoms in total. The third-order valence-electron chi connectivity index (χ3n) is 5.61. The Morgan fingerprint density at radius 3 is 2.61 bits per heavy atom. The van der Waals surface area contributed by atoms with Crippen LogP contribution in [-0.2, 0) is 0 Å². The Morgan fingerprint density at radius 1 is 1.00 bits per heavy atom. The zero-order valence-electron chi connectivity index (χ0n) is 13.9. The first kappa shape index (κ1) is 15.4. The molecule has 4 rings (SSSR count). The number of hydrogen-bond acceptors (Lipinski definition) is 4.